The van der Waals surface area contributed by atoms with E-state index in [9.17, 15) is 0 Å². The van der Waals surface area contributed by atoms with Gasteiger partial charge in [0, 0.05) is 4.47 Å². The molecule has 0 amide bonds. The van der Waals surface area contributed by atoms with Gasteiger partial charge in [-0.15, -0.1) is 0 Å². The number of benzene rings is 1. The summed E-state index contributed by atoms with van der Waals surface area (Å²) in [6.45, 7) is 20.4. The van der Waals surface area contributed by atoms with E-state index in [1.165, 1.54) is 37.7 Å². The summed E-state index contributed by atoms with van der Waals surface area (Å²) in [5.74, 6) is 1.73. The number of rotatable bonds is 6. The van der Waals surface area contributed by atoms with Gasteiger partial charge in [-0.3, -0.25) is 0 Å². The molecule has 1 nitrogen and oxygen atoms in total. The van der Waals surface area contributed by atoms with Gasteiger partial charge >= 0.3 is 0 Å². The molecular formula is C23H41BrO. The number of hydrogen-bond acceptors (Lipinski definition) is 1. The van der Waals surface area contributed by atoms with E-state index in [0.29, 0.717) is 0 Å². The molecule has 0 N–H and O–H groups in total. The molecule has 2 heteroatoms. The van der Waals surface area contributed by atoms with Crippen molar-refractivity contribution in [2.75, 3.05) is 0 Å². The van der Waals surface area contributed by atoms with Crippen LogP contribution < -0.4 is 0 Å². The van der Waals surface area contributed by atoms with Crippen molar-refractivity contribution in [3.8, 4) is 0 Å². The fourth-order valence-electron chi connectivity index (χ4n) is 2.00. The number of hydrogen-bond donors (Lipinski definition) is 0. The van der Waals surface area contributed by atoms with E-state index in [0.717, 1.165) is 16.1 Å². The first kappa shape index (κ1) is 26.5. The van der Waals surface area contributed by atoms with Gasteiger partial charge in [0.15, 0.2) is 0 Å². The van der Waals surface area contributed by atoms with Crippen molar-refractivity contribution < 1.29 is 4.74 Å². The summed E-state index contributed by atoms with van der Waals surface area (Å²) in [7, 11) is 0. The number of ether oxygens (including phenoxy) is 1. The highest BCUT2D eigenvalue weighted by atomic mass is 79.9. The molecule has 25 heavy (non-hydrogen) atoms. The van der Waals surface area contributed by atoms with Crippen molar-refractivity contribution in [1.82, 2.24) is 0 Å². The maximum atomic E-state index is 5.24. The lowest BCUT2D eigenvalue weighted by Crippen LogP contribution is -2.17. The molecule has 146 valence electrons. The van der Waals surface area contributed by atoms with Crippen molar-refractivity contribution in [3.63, 3.8) is 0 Å². The zero-order valence-corrected chi connectivity index (χ0v) is 19.5. The molecule has 0 saturated heterocycles. The third-order valence-corrected chi connectivity index (χ3v) is 4.02. The van der Waals surface area contributed by atoms with E-state index in [4.69, 9.17) is 4.74 Å². The zero-order chi connectivity index (χ0) is 19.9. The Bertz CT molecular complexity index is 407. The van der Waals surface area contributed by atoms with Gasteiger partial charge in [0.2, 0.25) is 0 Å². The van der Waals surface area contributed by atoms with Crippen molar-refractivity contribution in [2.24, 2.45) is 5.92 Å². The van der Waals surface area contributed by atoms with Crippen LogP contribution in [-0.2, 0) is 4.74 Å². The molecule has 0 aliphatic carbocycles. The molecule has 0 fully saturated rings. The minimum Gasteiger partial charge on any atom is -0.493 e. The summed E-state index contributed by atoms with van der Waals surface area (Å²) >= 11 is 3.35. The van der Waals surface area contributed by atoms with Gasteiger partial charge in [0.05, 0.1) is 5.76 Å². The SMILES string of the molecule is C=C(C)OC(C)(C)C.CCCCCC(C)CC.Cc1ccc(Br)cc1. The summed E-state index contributed by atoms with van der Waals surface area (Å²) in [5, 5.41) is 0. The van der Waals surface area contributed by atoms with Crippen molar-refractivity contribution in [2.45, 2.75) is 93.1 Å². The van der Waals surface area contributed by atoms with Gasteiger partial charge in [-0.05, 0) is 52.7 Å². The van der Waals surface area contributed by atoms with E-state index in [1.807, 2.05) is 39.8 Å². The lowest BCUT2D eigenvalue weighted by atomic mass is 10.0. The second-order valence-corrected chi connectivity index (χ2v) is 8.64. The standard InChI is InChI=1S/C9H20.C7H7Br.C7H14O/c1-4-6-7-8-9(3)5-2;1-6-2-4-7(8)5-3-6;1-6(2)8-7(3,4)5/h9H,4-8H2,1-3H3;2-5H,1H3;1H2,2-5H3. The van der Waals surface area contributed by atoms with E-state index < -0.39 is 0 Å². The number of allylic oxidation sites excluding steroid dienone is 1. The van der Waals surface area contributed by atoms with Gasteiger partial charge in [0.25, 0.3) is 0 Å². The Hall–Kier alpha value is -0.760. The Balaban J connectivity index is 0. The van der Waals surface area contributed by atoms with Crippen LogP contribution in [0.4, 0.5) is 0 Å². The molecule has 1 aromatic carbocycles. The average Bonchev–Trinajstić information content (AvgIpc) is 2.49. The maximum absolute atomic E-state index is 5.24. The summed E-state index contributed by atoms with van der Waals surface area (Å²) in [6, 6.07) is 8.22. The van der Waals surface area contributed by atoms with Crippen LogP contribution in [0.15, 0.2) is 41.1 Å². The Labute approximate surface area is 166 Å². The normalized spacial score (nSPS) is 11.4. The summed E-state index contributed by atoms with van der Waals surface area (Å²) in [4.78, 5) is 0. The molecule has 1 atom stereocenters. The highest BCUT2D eigenvalue weighted by Crippen LogP contribution is 2.12. The molecule has 0 saturated carbocycles. The fourth-order valence-corrected chi connectivity index (χ4v) is 2.27. The van der Waals surface area contributed by atoms with E-state index in [-0.39, 0.29) is 5.60 Å². The number of halogens is 1. The first-order valence-corrected chi connectivity index (χ1v) is 10.4. The van der Waals surface area contributed by atoms with Gasteiger partial charge in [0.1, 0.15) is 5.60 Å². The molecule has 0 aromatic heterocycles. The molecule has 0 bridgehead atoms. The maximum Gasteiger partial charge on any atom is 0.100 e. The molecule has 0 aliphatic heterocycles. The Morgan fingerprint density at radius 3 is 1.92 bits per heavy atom. The van der Waals surface area contributed by atoms with E-state index in [1.54, 1.807) is 0 Å². The third-order valence-electron chi connectivity index (χ3n) is 3.49. The predicted octanol–water partition coefficient (Wildman–Crippen LogP) is 8.71. The van der Waals surface area contributed by atoms with Crippen LogP contribution in [0.5, 0.6) is 0 Å². The van der Waals surface area contributed by atoms with Crippen molar-refractivity contribution in [1.29, 1.82) is 0 Å². The van der Waals surface area contributed by atoms with Gasteiger partial charge in [-0.2, -0.15) is 0 Å². The van der Waals surface area contributed by atoms with Crippen LogP contribution in [0.3, 0.4) is 0 Å². The van der Waals surface area contributed by atoms with E-state index >= 15 is 0 Å². The van der Waals surface area contributed by atoms with Crippen LogP contribution in [0.2, 0.25) is 0 Å². The monoisotopic (exact) mass is 412 g/mol. The Kier molecular flexibility index (Phi) is 16.4. The summed E-state index contributed by atoms with van der Waals surface area (Å²) < 4.78 is 6.38. The molecule has 0 heterocycles. The number of unbranched alkanes of at least 4 members (excludes halogenated alkanes) is 2. The zero-order valence-electron chi connectivity index (χ0n) is 17.9. The van der Waals surface area contributed by atoms with Crippen LogP contribution in [0, 0.1) is 12.8 Å². The smallest absolute Gasteiger partial charge is 0.100 e. The van der Waals surface area contributed by atoms with Crippen LogP contribution in [0.1, 0.15) is 86.1 Å². The largest absolute Gasteiger partial charge is 0.493 e. The lowest BCUT2D eigenvalue weighted by Gasteiger charge is -2.20. The van der Waals surface area contributed by atoms with Crippen molar-refractivity contribution in [3.05, 3.63) is 46.6 Å². The summed E-state index contributed by atoms with van der Waals surface area (Å²) in [5.41, 5.74) is 1.22. The molecule has 0 spiro atoms. The van der Waals surface area contributed by atoms with Gasteiger partial charge in [-0.1, -0.05) is 93.1 Å². The topological polar surface area (TPSA) is 9.23 Å². The summed E-state index contributed by atoms with van der Waals surface area (Å²) in [6.07, 6.45) is 7.00. The molecule has 0 radical (unpaired) electrons. The molecule has 0 aliphatic rings. The average molecular weight is 413 g/mol. The molecule has 1 aromatic rings. The third kappa shape index (κ3) is 23.2. The number of aryl methyl sites for hydroxylation is 1. The fraction of sp³-hybridized carbons (Fsp3) is 0.652. The second-order valence-electron chi connectivity index (χ2n) is 7.72. The van der Waals surface area contributed by atoms with Crippen LogP contribution in [-0.4, -0.2) is 5.60 Å². The minimum atomic E-state index is -0.0775. The van der Waals surface area contributed by atoms with Crippen LogP contribution in [0.25, 0.3) is 0 Å². The first-order chi connectivity index (χ1) is 11.5. The molecule has 1 rings (SSSR count). The highest BCUT2D eigenvalue weighted by Gasteiger charge is 2.09. The highest BCUT2D eigenvalue weighted by molar-refractivity contribution is 9.10. The minimum absolute atomic E-state index is 0.0775. The van der Waals surface area contributed by atoms with Crippen molar-refractivity contribution >= 4 is 15.9 Å². The predicted molar refractivity (Wildman–Crippen MR) is 118 cm³/mol. The van der Waals surface area contributed by atoms with Gasteiger partial charge in [-0.25, -0.2) is 0 Å². The van der Waals surface area contributed by atoms with E-state index in [2.05, 4.69) is 62.3 Å². The van der Waals surface area contributed by atoms with Gasteiger partial charge < -0.3 is 4.74 Å². The Morgan fingerprint density at radius 1 is 1.12 bits per heavy atom. The quantitative estimate of drug-likeness (QED) is 0.335. The lowest BCUT2D eigenvalue weighted by molar-refractivity contribution is 0.0544. The Morgan fingerprint density at radius 2 is 1.64 bits per heavy atom. The first-order valence-electron chi connectivity index (χ1n) is 9.58. The molecular weight excluding hydrogens is 372 g/mol. The molecule has 1 unspecified atom stereocenters. The second kappa shape index (κ2) is 15.5. The van der Waals surface area contributed by atoms with Crippen LogP contribution >= 0.6 is 15.9 Å².